The van der Waals surface area contributed by atoms with E-state index in [9.17, 15) is 22.8 Å². The maximum absolute atomic E-state index is 12.7. The molecular formula is C12H20F3N3O3. The number of halogens is 3. The molecule has 1 fully saturated rings. The second kappa shape index (κ2) is 6.08. The number of carboxylic acid groups (broad SMARTS) is 1. The number of carboxylic acids is 1. The minimum Gasteiger partial charge on any atom is -0.479 e. The van der Waals surface area contributed by atoms with Crippen LogP contribution in [0.3, 0.4) is 0 Å². The fraction of sp³-hybridized carbons (Fsp3) is 0.833. The summed E-state index contributed by atoms with van der Waals surface area (Å²) in [6, 6.07) is -0.761. The van der Waals surface area contributed by atoms with Gasteiger partial charge in [-0.1, -0.05) is 0 Å². The number of likely N-dealkylation sites (N-methyl/N-ethyl adjacent to an activating group) is 1. The van der Waals surface area contributed by atoms with Gasteiger partial charge in [0.15, 0.2) is 0 Å². The predicted molar refractivity (Wildman–Crippen MR) is 68.9 cm³/mol. The monoisotopic (exact) mass is 311 g/mol. The number of carbonyl (C=O) groups is 2. The van der Waals surface area contributed by atoms with Gasteiger partial charge in [-0.25, -0.2) is 9.59 Å². The molecule has 0 radical (unpaired) electrons. The van der Waals surface area contributed by atoms with Gasteiger partial charge in [0.05, 0.1) is 0 Å². The summed E-state index contributed by atoms with van der Waals surface area (Å²) in [6.45, 7) is 2.37. The highest BCUT2D eigenvalue weighted by atomic mass is 19.4. The van der Waals surface area contributed by atoms with Crippen molar-refractivity contribution in [1.29, 1.82) is 0 Å². The smallest absolute Gasteiger partial charge is 0.422 e. The first kappa shape index (κ1) is 17.5. The molecule has 122 valence electrons. The first-order valence-corrected chi connectivity index (χ1v) is 6.57. The Morgan fingerprint density at radius 3 is 2.29 bits per heavy atom. The van der Waals surface area contributed by atoms with E-state index >= 15 is 0 Å². The lowest BCUT2D eigenvalue weighted by molar-refractivity contribution is -0.203. The lowest BCUT2D eigenvalue weighted by Crippen LogP contribution is -2.64. The van der Waals surface area contributed by atoms with Crippen LogP contribution >= 0.6 is 0 Å². The minimum absolute atomic E-state index is 0.0507. The number of nitrogens with zero attached hydrogens (tertiary/aromatic N) is 1. The van der Waals surface area contributed by atoms with E-state index in [1.54, 1.807) is 0 Å². The van der Waals surface area contributed by atoms with Gasteiger partial charge in [-0.05, 0) is 33.7 Å². The number of hydrogen-bond donors (Lipinski definition) is 3. The molecule has 0 saturated heterocycles. The number of nitrogens with one attached hydrogen (secondary N) is 2. The van der Waals surface area contributed by atoms with Gasteiger partial charge in [-0.15, -0.1) is 0 Å². The SMILES string of the molecule is CC(CNC(=O)NC(C)(C(=O)O)C(F)(F)F)N(C)C1CC1. The second-order valence-electron chi connectivity index (χ2n) is 5.51. The molecule has 0 spiro atoms. The van der Waals surface area contributed by atoms with Crippen molar-refractivity contribution >= 4 is 12.0 Å². The molecule has 2 unspecified atom stereocenters. The van der Waals surface area contributed by atoms with Gasteiger partial charge in [-0.3, -0.25) is 4.90 Å². The molecule has 0 bridgehead atoms. The van der Waals surface area contributed by atoms with E-state index in [2.05, 4.69) is 5.32 Å². The van der Waals surface area contributed by atoms with Crippen LogP contribution in [0.4, 0.5) is 18.0 Å². The quantitative estimate of drug-likeness (QED) is 0.688. The van der Waals surface area contributed by atoms with Crippen molar-refractivity contribution in [1.82, 2.24) is 15.5 Å². The molecule has 0 aromatic carbocycles. The summed E-state index contributed by atoms with van der Waals surface area (Å²) in [4.78, 5) is 24.3. The highest BCUT2D eigenvalue weighted by molar-refractivity contribution is 5.86. The lowest BCUT2D eigenvalue weighted by atomic mass is 10.0. The van der Waals surface area contributed by atoms with Crippen LogP contribution in [0.1, 0.15) is 26.7 Å². The van der Waals surface area contributed by atoms with Crippen LogP contribution in [0.5, 0.6) is 0 Å². The van der Waals surface area contributed by atoms with Crippen LogP contribution < -0.4 is 10.6 Å². The zero-order valence-corrected chi connectivity index (χ0v) is 12.1. The molecule has 1 aliphatic carbocycles. The number of aliphatic carboxylic acids is 1. The Morgan fingerprint density at radius 2 is 1.90 bits per heavy atom. The Bertz CT molecular complexity index is 412. The third kappa shape index (κ3) is 4.23. The molecule has 9 heteroatoms. The summed E-state index contributed by atoms with van der Waals surface area (Å²) in [5.41, 5.74) is -3.32. The van der Waals surface area contributed by atoms with Gasteiger partial charge >= 0.3 is 18.2 Å². The summed E-state index contributed by atoms with van der Waals surface area (Å²) >= 11 is 0. The van der Waals surface area contributed by atoms with E-state index < -0.39 is 23.7 Å². The van der Waals surface area contributed by atoms with E-state index in [-0.39, 0.29) is 12.6 Å². The molecule has 0 aliphatic heterocycles. The van der Waals surface area contributed by atoms with Gasteiger partial charge < -0.3 is 15.7 Å². The number of urea groups is 1. The zero-order valence-electron chi connectivity index (χ0n) is 12.1. The van der Waals surface area contributed by atoms with Crippen molar-refractivity contribution in [3.63, 3.8) is 0 Å². The Labute approximate surface area is 120 Å². The van der Waals surface area contributed by atoms with Crippen molar-refractivity contribution in [3.8, 4) is 0 Å². The number of carbonyl (C=O) groups excluding carboxylic acids is 1. The Kier molecular flexibility index (Phi) is 5.08. The normalized spacial score (nSPS) is 19.8. The first-order valence-electron chi connectivity index (χ1n) is 6.57. The van der Waals surface area contributed by atoms with Crippen LogP contribution in [0, 0.1) is 0 Å². The average molecular weight is 311 g/mol. The molecule has 6 nitrogen and oxygen atoms in total. The van der Waals surface area contributed by atoms with E-state index in [4.69, 9.17) is 5.11 Å². The van der Waals surface area contributed by atoms with E-state index in [0.717, 1.165) is 12.8 Å². The second-order valence-corrected chi connectivity index (χ2v) is 5.51. The minimum atomic E-state index is -5.09. The average Bonchev–Trinajstić information content (AvgIpc) is 3.17. The van der Waals surface area contributed by atoms with Gasteiger partial charge in [0.25, 0.3) is 0 Å². The van der Waals surface area contributed by atoms with Crippen molar-refractivity contribution < 1.29 is 27.9 Å². The molecule has 3 N–H and O–H groups in total. The van der Waals surface area contributed by atoms with Crippen molar-refractivity contribution in [2.45, 2.75) is 50.5 Å². The van der Waals surface area contributed by atoms with Gasteiger partial charge in [0.1, 0.15) is 0 Å². The third-order valence-corrected chi connectivity index (χ3v) is 3.73. The van der Waals surface area contributed by atoms with Crippen LogP contribution in [0.15, 0.2) is 0 Å². The fourth-order valence-corrected chi connectivity index (χ4v) is 1.74. The van der Waals surface area contributed by atoms with Crippen molar-refractivity contribution in [2.24, 2.45) is 0 Å². The van der Waals surface area contributed by atoms with Crippen LogP contribution in [0.25, 0.3) is 0 Å². The number of alkyl halides is 3. The molecule has 2 atom stereocenters. The summed E-state index contributed by atoms with van der Waals surface area (Å²) < 4.78 is 38.2. The lowest BCUT2D eigenvalue weighted by Gasteiger charge is -2.29. The summed E-state index contributed by atoms with van der Waals surface area (Å²) in [5, 5.41) is 12.4. The van der Waals surface area contributed by atoms with Crippen molar-refractivity contribution in [3.05, 3.63) is 0 Å². The maximum atomic E-state index is 12.7. The number of amides is 2. The largest absolute Gasteiger partial charge is 0.479 e. The highest BCUT2D eigenvalue weighted by Crippen LogP contribution is 2.30. The topological polar surface area (TPSA) is 81.7 Å². The van der Waals surface area contributed by atoms with Crippen LogP contribution in [-0.4, -0.2) is 59.4 Å². The maximum Gasteiger partial charge on any atom is 0.422 e. The number of hydrogen-bond acceptors (Lipinski definition) is 3. The fourth-order valence-electron chi connectivity index (χ4n) is 1.74. The summed E-state index contributed by atoms with van der Waals surface area (Å²) in [6.07, 6.45) is -2.96. The molecule has 21 heavy (non-hydrogen) atoms. The van der Waals surface area contributed by atoms with E-state index in [1.165, 1.54) is 5.32 Å². The number of rotatable bonds is 6. The molecule has 1 rings (SSSR count). The summed E-state index contributed by atoms with van der Waals surface area (Å²) in [5.74, 6) is -2.16. The van der Waals surface area contributed by atoms with Crippen molar-refractivity contribution in [2.75, 3.05) is 13.6 Å². The van der Waals surface area contributed by atoms with E-state index in [0.29, 0.717) is 13.0 Å². The van der Waals surface area contributed by atoms with Gasteiger partial charge in [0.2, 0.25) is 5.54 Å². The predicted octanol–water partition coefficient (Wildman–Crippen LogP) is 1.17. The third-order valence-electron chi connectivity index (χ3n) is 3.73. The Hall–Kier alpha value is -1.51. The molecule has 1 aliphatic rings. The Morgan fingerprint density at radius 1 is 1.38 bits per heavy atom. The van der Waals surface area contributed by atoms with Crippen LogP contribution in [-0.2, 0) is 4.79 Å². The molecule has 1 saturated carbocycles. The standard InChI is InChI=1S/C12H20F3N3O3/c1-7(18(3)8-4-5-8)6-16-10(21)17-11(2,9(19)20)12(13,14)15/h7-8H,4-6H2,1-3H3,(H,19,20)(H2,16,17,21). The molecule has 0 aromatic heterocycles. The van der Waals surface area contributed by atoms with Gasteiger partial charge in [-0.2, -0.15) is 13.2 Å². The Balaban J connectivity index is 2.53. The summed E-state index contributed by atoms with van der Waals surface area (Å²) in [7, 11) is 1.87. The van der Waals surface area contributed by atoms with Crippen LogP contribution in [0.2, 0.25) is 0 Å². The highest BCUT2D eigenvalue weighted by Gasteiger charge is 2.58. The first-order chi connectivity index (χ1) is 9.49. The van der Waals surface area contributed by atoms with E-state index in [1.807, 2.05) is 18.9 Å². The molecule has 2 amide bonds. The zero-order chi connectivity index (χ0) is 16.4. The molecular weight excluding hydrogens is 291 g/mol. The molecule has 0 aromatic rings. The molecule has 0 heterocycles. The van der Waals surface area contributed by atoms with Gasteiger partial charge in [0, 0.05) is 18.6 Å².